The Bertz CT molecular complexity index is 1060. The van der Waals surface area contributed by atoms with Crippen molar-refractivity contribution in [3.63, 3.8) is 0 Å². The number of anilines is 1. The molecule has 1 heterocycles. The molecule has 27 heavy (non-hydrogen) atoms. The fraction of sp³-hybridized carbons (Fsp3) is 0.158. The van der Waals surface area contributed by atoms with Crippen molar-refractivity contribution in [1.29, 1.82) is 0 Å². The van der Waals surface area contributed by atoms with Crippen molar-refractivity contribution in [1.82, 2.24) is 20.4 Å². The first kappa shape index (κ1) is 18.5. The van der Waals surface area contributed by atoms with Gasteiger partial charge in [-0.3, -0.25) is 25.0 Å². The monoisotopic (exact) mass is 381 g/mol. The molecule has 0 saturated heterocycles. The molecule has 0 aliphatic rings. The zero-order valence-electron chi connectivity index (χ0n) is 14.9. The first-order valence-corrected chi connectivity index (χ1v) is 8.73. The van der Waals surface area contributed by atoms with Gasteiger partial charge in [0, 0.05) is 5.69 Å². The van der Waals surface area contributed by atoms with Crippen LogP contribution in [0.1, 0.15) is 11.4 Å². The van der Waals surface area contributed by atoms with E-state index in [9.17, 15) is 9.59 Å². The van der Waals surface area contributed by atoms with Crippen molar-refractivity contribution in [3.8, 4) is 0 Å². The highest BCUT2D eigenvalue weighted by Crippen LogP contribution is 2.08. The molecule has 1 aromatic heterocycles. The summed E-state index contributed by atoms with van der Waals surface area (Å²) in [7, 11) is 0. The van der Waals surface area contributed by atoms with E-state index in [0.717, 1.165) is 11.3 Å². The van der Waals surface area contributed by atoms with E-state index in [4.69, 9.17) is 12.2 Å². The highest BCUT2D eigenvalue weighted by atomic mass is 32.1. The lowest BCUT2D eigenvalue weighted by atomic mass is 10.2. The predicted octanol–water partition coefficient (Wildman–Crippen LogP) is 2.03. The van der Waals surface area contributed by atoms with Crippen LogP contribution in [0.2, 0.25) is 0 Å². The Morgan fingerprint density at radius 1 is 1.07 bits per heavy atom. The van der Waals surface area contributed by atoms with Gasteiger partial charge in [-0.15, -0.1) is 0 Å². The third-order valence-corrected chi connectivity index (χ3v) is 4.18. The fourth-order valence-corrected chi connectivity index (χ4v) is 2.74. The molecule has 1 amide bonds. The molecule has 0 unspecified atom stereocenters. The summed E-state index contributed by atoms with van der Waals surface area (Å²) in [6.07, 6.45) is 0. The van der Waals surface area contributed by atoms with E-state index in [2.05, 4.69) is 21.2 Å². The van der Waals surface area contributed by atoms with Gasteiger partial charge in [0.25, 0.3) is 11.5 Å². The molecule has 138 valence electrons. The summed E-state index contributed by atoms with van der Waals surface area (Å²) in [6.45, 7) is 3.52. The number of benzene rings is 2. The number of para-hydroxylation sites is 1. The Morgan fingerprint density at radius 2 is 1.78 bits per heavy atom. The SMILES string of the molecule is Cc1ccc(NC(=S)NNC(=O)Cn2c(C)nc3ccccc3c2=O)cc1. The number of nitrogens with zero attached hydrogens (tertiary/aromatic N) is 2. The average Bonchev–Trinajstić information content (AvgIpc) is 2.65. The average molecular weight is 381 g/mol. The van der Waals surface area contributed by atoms with Gasteiger partial charge < -0.3 is 5.32 Å². The van der Waals surface area contributed by atoms with E-state index in [1.54, 1.807) is 25.1 Å². The number of hydrazine groups is 1. The van der Waals surface area contributed by atoms with Crippen LogP contribution >= 0.6 is 12.2 Å². The van der Waals surface area contributed by atoms with Crippen molar-refractivity contribution >= 4 is 39.8 Å². The van der Waals surface area contributed by atoms with Gasteiger partial charge in [0.2, 0.25) is 0 Å². The Hall–Kier alpha value is -3.26. The number of aromatic nitrogens is 2. The molecule has 3 rings (SSSR count). The molecule has 3 N–H and O–H groups in total. The van der Waals surface area contributed by atoms with Gasteiger partial charge in [0.1, 0.15) is 12.4 Å². The zero-order valence-corrected chi connectivity index (χ0v) is 15.8. The predicted molar refractivity (Wildman–Crippen MR) is 109 cm³/mol. The number of hydrogen-bond acceptors (Lipinski definition) is 4. The Balaban J connectivity index is 1.62. The summed E-state index contributed by atoms with van der Waals surface area (Å²) >= 11 is 5.15. The Morgan fingerprint density at radius 3 is 2.52 bits per heavy atom. The summed E-state index contributed by atoms with van der Waals surface area (Å²) in [4.78, 5) is 29.2. The van der Waals surface area contributed by atoms with Gasteiger partial charge in [-0.25, -0.2) is 4.98 Å². The Labute approximate surface area is 161 Å². The van der Waals surface area contributed by atoms with Gasteiger partial charge in [0.15, 0.2) is 5.11 Å². The number of carbonyl (C=O) groups is 1. The lowest BCUT2D eigenvalue weighted by molar-refractivity contribution is -0.122. The zero-order chi connectivity index (χ0) is 19.4. The lowest BCUT2D eigenvalue weighted by Crippen LogP contribution is -2.46. The van der Waals surface area contributed by atoms with Crippen molar-refractivity contribution in [2.45, 2.75) is 20.4 Å². The minimum Gasteiger partial charge on any atom is -0.331 e. The molecule has 2 aromatic carbocycles. The van der Waals surface area contributed by atoms with Crippen LogP contribution in [0.3, 0.4) is 0 Å². The second-order valence-electron chi connectivity index (χ2n) is 6.06. The van der Waals surface area contributed by atoms with Crippen molar-refractivity contribution < 1.29 is 4.79 Å². The number of fused-ring (bicyclic) bond motifs is 1. The maximum atomic E-state index is 12.6. The molecule has 0 aliphatic carbocycles. The van der Waals surface area contributed by atoms with Crippen LogP contribution in [-0.2, 0) is 11.3 Å². The molecule has 0 bridgehead atoms. The van der Waals surface area contributed by atoms with Crippen molar-refractivity contribution in [2.75, 3.05) is 5.32 Å². The van der Waals surface area contributed by atoms with Gasteiger partial charge in [-0.2, -0.15) is 0 Å². The van der Waals surface area contributed by atoms with Crippen LogP contribution in [0.5, 0.6) is 0 Å². The maximum absolute atomic E-state index is 12.6. The highest BCUT2D eigenvalue weighted by Gasteiger charge is 2.11. The minimum atomic E-state index is -0.412. The molecule has 8 heteroatoms. The number of hydrogen-bond donors (Lipinski definition) is 3. The van der Waals surface area contributed by atoms with E-state index in [0.29, 0.717) is 16.7 Å². The largest absolute Gasteiger partial charge is 0.331 e. The molecule has 7 nitrogen and oxygen atoms in total. The number of nitrogens with one attached hydrogen (secondary N) is 3. The van der Waals surface area contributed by atoms with E-state index in [1.165, 1.54) is 4.57 Å². The quantitative estimate of drug-likeness (QED) is 0.475. The molecular formula is C19H19N5O2S. The van der Waals surface area contributed by atoms with E-state index in [-0.39, 0.29) is 17.2 Å². The topological polar surface area (TPSA) is 88.0 Å². The van der Waals surface area contributed by atoms with Crippen LogP contribution in [0.4, 0.5) is 5.69 Å². The summed E-state index contributed by atoms with van der Waals surface area (Å²) in [5, 5.41) is 3.68. The molecule has 0 atom stereocenters. The first-order valence-electron chi connectivity index (χ1n) is 8.33. The molecule has 0 spiro atoms. The van der Waals surface area contributed by atoms with E-state index >= 15 is 0 Å². The Kier molecular flexibility index (Phi) is 5.46. The number of aryl methyl sites for hydroxylation is 2. The summed E-state index contributed by atoms with van der Waals surface area (Å²) < 4.78 is 1.33. The third kappa shape index (κ3) is 4.48. The second kappa shape index (κ2) is 7.96. The van der Waals surface area contributed by atoms with Gasteiger partial charge in [-0.05, 0) is 50.3 Å². The highest BCUT2D eigenvalue weighted by molar-refractivity contribution is 7.80. The van der Waals surface area contributed by atoms with Gasteiger partial charge >= 0.3 is 0 Å². The second-order valence-corrected chi connectivity index (χ2v) is 6.47. The number of thiocarbonyl (C=S) groups is 1. The van der Waals surface area contributed by atoms with Crippen LogP contribution < -0.4 is 21.7 Å². The number of rotatable bonds is 3. The minimum absolute atomic E-state index is 0.164. The number of amides is 1. The summed E-state index contributed by atoms with van der Waals surface area (Å²) in [6, 6.07) is 14.7. The number of carbonyl (C=O) groups excluding carboxylic acids is 1. The van der Waals surface area contributed by atoms with E-state index in [1.807, 2.05) is 37.3 Å². The fourth-order valence-electron chi connectivity index (χ4n) is 2.57. The molecule has 0 fully saturated rings. The van der Waals surface area contributed by atoms with Crippen molar-refractivity contribution in [3.05, 3.63) is 70.3 Å². The van der Waals surface area contributed by atoms with Crippen LogP contribution in [0, 0.1) is 13.8 Å². The normalized spacial score (nSPS) is 10.4. The van der Waals surface area contributed by atoms with E-state index < -0.39 is 5.91 Å². The molecule has 0 radical (unpaired) electrons. The maximum Gasteiger partial charge on any atom is 0.261 e. The van der Waals surface area contributed by atoms with Gasteiger partial charge in [-0.1, -0.05) is 29.8 Å². The molecular weight excluding hydrogens is 362 g/mol. The summed E-state index contributed by atoms with van der Waals surface area (Å²) in [5.41, 5.74) is 7.41. The smallest absolute Gasteiger partial charge is 0.261 e. The van der Waals surface area contributed by atoms with Gasteiger partial charge in [0.05, 0.1) is 10.9 Å². The van der Waals surface area contributed by atoms with Crippen LogP contribution in [0.15, 0.2) is 53.3 Å². The standard InChI is InChI=1S/C19H19N5O2S/c1-12-7-9-14(10-8-12)21-19(27)23-22-17(25)11-24-13(2)20-16-6-4-3-5-15(16)18(24)26/h3-10H,11H2,1-2H3,(H,22,25)(H2,21,23,27). The summed E-state index contributed by atoms with van der Waals surface area (Å²) in [5.74, 6) is 0.0551. The van der Waals surface area contributed by atoms with Crippen LogP contribution in [-0.4, -0.2) is 20.6 Å². The first-order chi connectivity index (χ1) is 12.9. The third-order valence-electron chi connectivity index (χ3n) is 3.98. The lowest BCUT2D eigenvalue weighted by Gasteiger charge is -2.13. The molecule has 3 aromatic rings. The molecule has 0 saturated carbocycles. The van der Waals surface area contributed by atoms with Crippen molar-refractivity contribution in [2.24, 2.45) is 0 Å². The molecule has 0 aliphatic heterocycles. The van der Waals surface area contributed by atoms with Crippen LogP contribution in [0.25, 0.3) is 10.9 Å².